The molecule has 9 heteroatoms. The largest absolute Gasteiger partial charge is 0.393 e. The predicted molar refractivity (Wildman–Crippen MR) is 112 cm³/mol. The van der Waals surface area contributed by atoms with Crippen molar-refractivity contribution in [2.75, 3.05) is 5.32 Å². The second kappa shape index (κ2) is 8.10. The van der Waals surface area contributed by atoms with E-state index in [0.29, 0.717) is 23.9 Å². The van der Waals surface area contributed by atoms with Crippen LogP contribution in [0.5, 0.6) is 0 Å². The van der Waals surface area contributed by atoms with E-state index in [9.17, 15) is 14.7 Å². The molecule has 0 atom stereocenters. The first-order valence-corrected chi connectivity index (χ1v) is 9.99. The van der Waals surface area contributed by atoms with E-state index in [-0.39, 0.29) is 33.4 Å². The number of aromatic nitrogens is 3. The minimum atomic E-state index is -0.611. The van der Waals surface area contributed by atoms with Gasteiger partial charge in [0.25, 0.3) is 5.91 Å². The molecule has 2 N–H and O–H groups in total. The lowest BCUT2D eigenvalue weighted by molar-refractivity contribution is 0.102. The summed E-state index contributed by atoms with van der Waals surface area (Å²) in [4.78, 5) is 34.2. The SMILES string of the molecule is O=C(Nc1c(Cl)cncc1Cl)c1cn(C2CCC(O)CC2)c2ncccc2c1=O. The van der Waals surface area contributed by atoms with Gasteiger partial charge in [-0.1, -0.05) is 23.2 Å². The van der Waals surface area contributed by atoms with Gasteiger partial charge in [-0.15, -0.1) is 0 Å². The summed E-state index contributed by atoms with van der Waals surface area (Å²) in [6.07, 6.45) is 8.35. The van der Waals surface area contributed by atoms with E-state index in [1.165, 1.54) is 12.4 Å². The number of hydrogen-bond acceptors (Lipinski definition) is 5. The van der Waals surface area contributed by atoms with Gasteiger partial charge in [-0.05, 0) is 37.8 Å². The van der Waals surface area contributed by atoms with Crippen LogP contribution in [0, 0.1) is 0 Å². The van der Waals surface area contributed by atoms with Gasteiger partial charge >= 0.3 is 0 Å². The number of pyridine rings is 3. The van der Waals surface area contributed by atoms with E-state index >= 15 is 0 Å². The van der Waals surface area contributed by atoms with Crippen LogP contribution in [-0.4, -0.2) is 31.7 Å². The number of aliphatic hydroxyl groups excluding tert-OH is 1. The second-order valence-electron chi connectivity index (χ2n) is 7.05. The molecule has 29 heavy (non-hydrogen) atoms. The quantitative estimate of drug-likeness (QED) is 0.655. The predicted octanol–water partition coefficient (Wildman–Crippen LogP) is 3.83. The second-order valence-corrected chi connectivity index (χ2v) is 7.86. The number of amides is 1. The summed E-state index contributed by atoms with van der Waals surface area (Å²) in [5.74, 6) is -0.611. The molecule has 1 aliphatic rings. The molecule has 1 fully saturated rings. The summed E-state index contributed by atoms with van der Waals surface area (Å²) in [7, 11) is 0. The maximum absolute atomic E-state index is 13.0. The molecule has 1 aliphatic carbocycles. The van der Waals surface area contributed by atoms with E-state index in [1.807, 2.05) is 4.57 Å². The van der Waals surface area contributed by atoms with Crippen molar-refractivity contribution in [2.24, 2.45) is 0 Å². The van der Waals surface area contributed by atoms with Gasteiger partial charge in [0, 0.05) is 30.8 Å². The zero-order valence-corrected chi connectivity index (χ0v) is 16.8. The molecule has 4 rings (SSSR count). The van der Waals surface area contributed by atoms with Crippen LogP contribution in [-0.2, 0) is 0 Å². The van der Waals surface area contributed by atoms with Gasteiger partial charge in [-0.2, -0.15) is 0 Å². The Morgan fingerprint density at radius 1 is 1.17 bits per heavy atom. The van der Waals surface area contributed by atoms with Crippen molar-refractivity contribution >= 4 is 45.8 Å². The molecule has 0 bridgehead atoms. The van der Waals surface area contributed by atoms with Crippen LogP contribution in [0.4, 0.5) is 5.69 Å². The van der Waals surface area contributed by atoms with Gasteiger partial charge in [0.2, 0.25) is 5.43 Å². The Bertz CT molecular complexity index is 1120. The average molecular weight is 433 g/mol. The fraction of sp³-hybridized carbons (Fsp3) is 0.300. The molecular weight excluding hydrogens is 415 g/mol. The highest BCUT2D eigenvalue weighted by Crippen LogP contribution is 2.31. The van der Waals surface area contributed by atoms with Crippen molar-refractivity contribution in [3.05, 3.63) is 62.8 Å². The van der Waals surface area contributed by atoms with E-state index in [2.05, 4.69) is 15.3 Å². The molecule has 0 radical (unpaired) electrons. The van der Waals surface area contributed by atoms with Crippen LogP contribution < -0.4 is 10.7 Å². The molecule has 150 valence electrons. The summed E-state index contributed by atoms with van der Waals surface area (Å²) in [6, 6.07) is 3.36. The summed E-state index contributed by atoms with van der Waals surface area (Å²) in [6.45, 7) is 0. The fourth-order valence-corrected chi connectivity index (χ4v) is 4.13. The van der Waals surface area contributed by atoms with Crippen molar-refractivity contribution in [3.8, 4) is 0 Å². The van der Waals surface area contributed by atoms with Crippen LogP contribution in [0.25, 0.3) is 11.0 Å². The number of nitrogens with zero attached hydrogens (tertiary/aromatic N) is 3. The highest BCUT2D eigenvalue weighted by Gasteiger charge is 2.25. The zero-order valence-electron chi connectivity index (χ0n) is 15.3. The Morgan fingerprint density at radius 2 is 1.86 bits per heavy atom. The molecule has 1 saturated carbocycles. The molecule has 3 aromatic heterocycles. The Balaban J connectivity index is 1.79. The molecule has 0 aromatic carbocycles. The van der Waals surface area contributed by atoms with E-state index in [4.69, 9.17) is 23.2 Å². The normalized spacial score (nSPS) is 19.3. The Labute approximate surface area is 176 Å². The standard InChI is InChI=1S/C20H18Cl2N4O3/c21-15-8-23-9-16(22)17(15)25-20(29)14-10-26(11-3-5-12(27)6-4-11)19-13(18(14)28)2-1-7-24-19/h1-2,7-12,27H,3-6H2,(H,23,25,29). The first-order valence-electron chi connectivity index (χ1n) is 9.24. The van der Waals surface area contributed by atoms with Crippen LogP contribution in [0.15, 0.2) is 41.7 Å². The van der Waals surface area contributed by atoms with Crippen molar-refractivity contribution < 1.29 is 9.90 Å². The average Bonchev–Trinajstić information content (AvgIpc) is 2.72. The van der Waals surface area contributed by atoms with Gasteiger partial charge < -0.3 is 15.0 Å². The summed E-state index contributed by atoms with van der Waals surface area (Å²) < 4.78 is 1.87. The van der Waals surface area contributed by atoms with Crippen molar-refractivity contribution in [1.29, 1.82) is 0 Å². The highest BCUT2D eigenvalue weighted by atomic mass is 35.5. The van der Waals surface area contributed by atoms with Crippen molar-refractivity contribution in [3.63, 3.8) is 0 Å². The van der Waals surface area contributed by atoms with Gasteiger partial charge in [-0.25, -0.2) is 4.98 Å². The maximum Gasteiger partial charge on any atom is 0.261 e. The van der Waals surface area contributed by atoms with E-state index in [1.54, 1.807) is 24.5 Å². The number of anilines is 1. The lowest BCUT2D eigenvalue weighted by Crippen LogP contribution is -2.27. The van der Waals surface area contributed by atoms with Gasteiger partial charge in [0.15, 0.2) is 0 Å². The summed E-state index contributed by atoms with van der Waals surface area (Å²) in [5, 5.41) is 13.2. The van der Waals surface area contributed by atoms with Gasteiger partial charge in [-0.3, -0.25) is 14.6 Å². The number of carbonyl (C=O) groups is 1. The summed E-state index contributed by atoms with van der Waals surface area (Å²) in [5.41, 5.74) is 0.279. The lowest BCUT2D eigenvalue weighted by Gasteiger charge is -2.28. The monoisotopic (exact) mass is 432 g/mol. The number of rotatable bonds is 3. The maximum atomic E-state index is 13.0. The topological polar surface area (TPSA) is 97.1 Å². The minimum Gasteiger partial charge on any atom is -0.393 e. The van der Waals surface area contributed by atoms with Crippen molar-refractivity contribution in [2.45, 2.75) is 37.8 Å². The van der Waals surface area contributed by atoms with E-state index in [0.717, 1.165) is 12.8 Å². The van der Waals surface area contributed by atoms with Crippen LogP contribution in [0.3, 0.4) is 0 Å². The van der Waals surface area contributed by atoms with Gasteiger partial charge in [0.1, 0.15) is 11.2 Å². The fourth-order valence-electron chi connectivity index (χ4n) is 3.67. The molecule has 0 aliphatic heterocycles. The number of hydrogen-bond donors (Lipinski definition) is 2. The Morgan fingerprint density at radius 3 is 2.55 bits per heavy atom. The highest BCUT2D eigenvalue weighted by molar-refractivity contribution is 6.39. The molecule has 7 nitrogen and oxygen atoms in total. The summed E-state index contributed by atoms with van der Waals surface area (Å²) >= 11 is 12.2. The first-order chi connectivity index (χ1) is 14.0. The molecular formula is C20H18Cl2N4O3. The smallest absolute Gasteiger partial charge is 0.261 e. The molecule has 0 unspecified atom stereocenters. The minimum absolute atomic E-state index is 0.0273. The molecule has 3 heterocycles. The molecule has 1 amide bonds. The lowest BCUT2D eigenvalue weighted by atomic mass is 9.92. The number of fused-ring (bicyclic) bond motifs is 1. The third-order valence-electron chi connectivity index (χ3n) is 5.18. The first kappa shape index (κ1) is 19.8. The van der Waals surface area contributed by atoms with Crippen molar-refractivity contribution in [1.82, 2.24) is 14.5 Å². The number of carbonyl (C=O) groups excluding carboxylic acids is 1. The Hall–Kier alpha value is -2.48. The van der Waals surface area contributed by atoms with Crippen LogP contribution in [0.1, 0.15) is 42.1 Å². The van der Waals surface area contributed by atoms with E-state index < -0.39 is 11.3 Å². The zero-order chi connectivity index (χ0) is 20.5. The molecule has 0 spiro atoms. The molecule has 0 saturated heterocycles. The number of nitrogens with one attached hydrogen (secondary N) is 1. The van der Waals surface area contributed by atoms with Gasteiger partial charge in [0.05, 0.1) is 27.2 Å². The molecule has 3 aromatic rings. The number of aliphatic hydroxyl groups is 1. The third kappa shape index (κ3) is 3.85. The van der Waals surface area contributed by atoms with Crippen LogP contribution >= 0.6 is 23.2 Å². The third-order valence-corrected chi connectivity index (χ3v) is 5.76. The Kier molecular flexibility index (Phi) is 5.54. The number of halogens is 2. The van der Waals surface area contributed by atoms with Crippen LogP contribution in [0.2, 0.25) is 10.0 Å².